The Hall–Kier alpha value is -1.23. The minimum absolute atomic E-state index is 0.0704. The van der Waals surface area contributed by atoms with Crippen molar-refractivity contribution in [3.05, 3.63) is 29.3 Å². The lowest BCUT2D eigenvalue weighted by atomic mass is 9.88. The lowest BCUT2D eigenvalue weighted by Crippen LogP contribution is -2.31. The number of rotatable bonds is 3. The second-order valence-corrected chi connectivity index (χ2v) is 4.86. The highest BCUT2D eigenvalue weighted by atomic mass is 19.4. The van der Waals surface area contributed by atoms with E-state index in [0.29, 0.717) is 0 Å². The fraction of sp³-hybridized carbons (Fsp3) is 0.538. The Morgan fingerprint density at radius 1 is 1.33 bits per heavy atom. The Morgan fingerprint density at radius 2 is 1.94 bits per heavy atom. The van der Waals surface area contributed by atoms with Gasteiger partial charge in [-0.05, 0) is 37.5 Å². The molecule has 0 spiro atoms. The molecule has 1 unspecified atom stereocenters. The molecule has 0 saturated heterocycles. The molecule has 0 amide bonds. The van der Waals surface area contributed by atoms with Crippen molar-refractivity contribution in [3.63, 3.8) is 0 Å². The average Bonchev–Trinajstić information content (AvgIpc) is 3.08. The molecule has 0 bridgehead atoms. The van der Waals surface area contributed by atoms with E-state index in [-0.39, 0.29) is 17.2 Å². The molecule has 1 fully saturated rings. The smallest absolute Gasteiger partial charge is 0.419 e. The van der Waals surface area contributed by atoms with Gasteiger partial charge in [-0.3, -0.25) is 0 Å². The SMILES string of the molecule is COc1cc(C2(C(C)N)CC2)ccc1C(F)(F)F. The summed E-state index contributed by atoms with van der Waals surface area (Å²) in [6, 6.07) is 4.00. The first kappa shape index (κ1) is 13.2. The van der Waals surface area contributed by atoms with Crippen molar-refractivity contribution in [1.82, 2.24) is 0 Å². The maximum atomic E-state index is 12.7. The lowest BCUT2D eigenvalue weighted by molar-refractivity contribution is -0.138. The van der Waals surface area contributed by atoms with Crippen molar-refractivity contribution in [2.24, 2.45) is 5.73 Å². The first-order valence-corrected chi connectivity index (χ1v) is 5.82. The van der Waals surface area contributed by atoms with Crippen LogP contribution in [0, 0.1) is 0 Å². The summed E-state index contributed by atoms with van der Waals surface area (Å²) in [5.74, 6) is -0.132. The summed E-state index contributed by atoms with van der Waals surface area (Å²) >= 11 is 0. The summed E-state index contributed by atoms with van der Waals surface area (Å²) in [5.41, 5.74) is 5.84. The third-order valence-corrected chi connectivity index (χ3v) is 3.74. The van der Waals surface area contributed by atoms with E-state index in [9.17, 15) is 13.2 Å². The second-order valence-electron chi connectivity index (χ2n) is 4.86. The number of alkyl halides is 3. The number of methoxy groups -OCH3 is 1. The van der Waals surface area contributed by atoms with E-state index in [4.69, 9.17) is 10.5 Å². The summed E-state index contributed by atoms with van der Waals surface area (Å²) in [5, 5.41) is 0. The molecular formula is C13H16F3NO. The molecule has 18 heavy (non-hydrogen) atoms. The van der Waals surface area contributed by atoms with Crippen LogP contribution in [0.4, 0.5) is 13.2 Å². The predicted molar refractivity (Wildman–Crippen MR) is 62.6 cm³/mol. The summed E-state index contributed by atoms with van der Waals surface area (Å²) in [7, 11) is 1.25. The van der Waals surface area contributed by atoms with Gasteiger partial charge < -0.3 is 10.5 Å². The molecule has 1 aromatic rings. The van der Waals surface area contributed by atoms with Gasteiger partial charge in [0.1, 0.15) is 5.75 Å². The van der Waals surface area contributed by atoms with Crippen LogP contribution in [0.15, 0.2) is 18.2 Å². The minimum atomic E-state index is -4.39. The van der Waals surface area contributed by atoms with Gasteiger partial charge in [0.05, 0.1) is 12.7 Å². The van der Waals surface area contributed by atoms with Crippen molar-refractivity contribution in [2.45, 2.75) is 37.4 Å². The number of hydrogen-bond donors (Lipinski definition) is 1. The van der Waals surface area contributed by atoms with Gasteiger partial charge in [0.15, 0.2) is 0 Å². The van der Waals surface area contributed by atoms with Gasteiger partial charge in [0.2, 0.25) is 0 Å². The van der Waals surface area contributed by atoms with Gasteiger partial charge in [-0.1, -0.05) is 6.07 Å². The van der Waals surface area contributed by atoms with Gasteiger partial charge in [-0.25, -0.2) is 0 Å². The highest BCUT2D eigenvalue weighted by Gasteiger charge is 2.48. The van der Waals surface area contributed by atoms with Gasteiger partial charge in [-0.2, -0.15) is 13.2 Å². The zero-order chi connectivity index (χ0) is 13.6. The monoisotopic (exact) mass is 259 g/mol. The van der Waals surface area contributed by atoms with E-state index < -0.39 is 11.7 Å². The minimum Gasteiger partial charge on any atom is -0.496 e. The first-order valence-electron chi connectivity index (χ1n) is 5.82. The molecule has 0 heterocycles. The van der Waals surface area contributed by atoms with Crippen molar-refractivity contribution >= 4 is 0 Å². The molecule has 0 aliphatic heterocycles. The molecule has 2 N–H and O–H groups in total. The van der Waals surface area contributed by atoms with Gasteiger partial charge in [-0.15, -0.1) is 0 Å². The van der Waals surface area contributed by atoms with Crippen molar-refractivity contribution < 1.29 is 17.9 Å². The summed E-state index contributed by atoms with van der Waals surface area (Å²) in [6.45, 7) is 1.89. The molecule has 2 nitrogen and oxygen atoms in total. The van der Waals surface area contributed by atoms with Crippen molar-refractivity contribution in [1.29, 1.82) is 0 Å². The Balaban J connectivity index is 2.43. The number of hydrogen-bond acceptors (Lipinski definition) is 2. The average molecular weight is 259 g/mol. The van der Waals surface area contributed by atoms with Crippen LogP contribution in [-0.2, 0) is 11.6 Å². The molecule has 100 valence electrons. The van der Waals surface area contributed by atoms with Crippen LogP contribution in [0.3, 0.4) is 0 Å². The third-order valence-electron chi connectivity index (χ3n) is 3.74. The van der Waals surface area contributed by atoms with Gasteiger partial charge in [0, 0.05) is 11.5 Å². The molecule has 1 saturated carbocycles. The van der Waals surface area contributed by atoms with Crippen molar-refractivity contribution in [3.8, 4) is 5.75 Å². The fourth-order valence-electron chi connectivity index (χ4n) is 2.38. The zero-order valence-electron chi connectivity index (χ0n) is 10.3. The Kier molecular flexibility index (Phi) is 3.05. The molecule has 1 aliphatic rings. The highest BCUT2D eigenvalue weighted by molar-refractivity contribution is 5.45. The Morgan fingerprint density at radius 3 is 2.33 bits per heavy atom. The van der Waals surface area contributed by atoms with Crippen LogP contribution in [0.1, 0.15) is 30.9 Å². The van der Waals surface area contributed by atoms with E-state index in [0.717, 1.165) is 24.5 Å². The highest BCUT2D eigenvalue weighted by Crippen LogP contribution is 2.51. The summed E-state index contributed by atoms with van der Waals surface area (Å²) in [4.78, 5) is 0. The molecule has 0 aromatic heterocycles. The van der Waals surface area contributed by atoms with E-state index in [2.05, 4.69) is 0 Å². The number of ether oxygens (including phenoxy) is 1. The fourth-order valence-corrected chi connectivity index (χ4v) is 2.38. The molecule has 2 rings (SSSR count). The van der Waals surface area contributed by atoms with Crippen LogP contribution in [0.25, 0.3) is 0 Å². The van der Waals surface area contributed by atoms with E-state index >= 15 is 0 Å². The molecule has 1 aromatic carbocycles. The Labute approximate surface area is 104 Å². The standard InChI is InChI=1S/C13H16F3NO/c1-8(17)12(5-6-12)9-3-4-10(13(14,15)16)11(7-9)18-2/h3-4,7-8H,5-6,17H2,1-2H3. The van der Waals surface area contributed by atoms with Gasteiger partial charge in [0.25, 0.3) is 0 Å². The third kappa shape index (κ3) is 2.07. The zero-order valence-corrected chi connectivity index (χ0v) is 10.3. The van der Waals surface area contributed by atoms with E-state index in [1.807, 2.05) is 6.92 Å². The van der Waals surface area contributed by atoms with Crippen molar-refractivity contribution in [2.75, 3.05) is 7.11 Å². The topological polar surface area (TPSA) is 35.2 Å². The molecular weight excluding hydrogens is 243 g/mol. The van der Waals surface area contributed by atoms with E-state index in [1.54, 1.807) is 0 Å². The summed E-state index contributed by atoms with van der Waals surface area (Å²) < 4.78 is 43.1. The summed E-state index contributed by atoms with van der Waals surface area (Å²) in [6.07, 6.45) is -2.56. The van der Waals surface area contributed by atoms with Crippen LogP contribution < -0.4 is 10.5 Å². The second kappa shape index (κ2) is 4.16. The normalized spacial score (nSPS) is 19.4. The van der Waals surface area contributed by atoms with Crippen LogP contribution in [0.2, 0.25) is 0 Å². The molecule has 1 atom stereocenters. The Bertz CT molecular complexity index is 450. The lowest BCUT2D eigenvalue weighted by Gasteiger charge is -2.22. The number of halogens is 3. The predicted octanol–water partition coefficient (Wildman–Crippen LogP) is 3.09. The number of benzene rings is 1. The first-order chi connectivity index (χ1) is 8.31. The van der Waals surface area contributed by atoms with Crippen LogP contribution >= 0.6 is 0 Å². The maximum Gasteiger partial charge on any atom is 0.419 e. The van der Waals surface area contributed by atoms with Gasteiger partial charge >= 0.3 is 6.18 Å². The maximum absolute atomic E-state index is 12.7. The molecule has 5 heteroatoms. The van der Waals surface area contributed by atoms with Crippen LogP contribution in [0.5, 0.6) is 5.75 Å². The van der Waals surface area contributed by atoms with E-state index in [1.165, 1.54) is 19.2 Å². The quantitative estimate of drug-likeness (QED) is 0.905. The van der Waals surface area contributed by atoms with Crippen LogP contribution in [-0.4, -0.2) is 13.2 Å². The molecule has 1 aliphatic carbocycles. The number of nitrogens with two attached hydrogens (primary N) is 1. The largest absolute Gasteiger partial charge is 0.496 e. The molecule has 0 radical (unpaired) electrons.